The Morgan fingerprint density at radius 2 is 2.40 bits per heavy atom. The van der Waals surface area contributed by atoms with Gasteiger partial charge in [-0.1, -0.05) is 6.08 Å². The highest BCUT2D eigenvalue weighted by atomic mass is 14.9. The van der Waals surface area contributed by atoms with Crippen molar-refractivity contribution in [2.45, 2.75) is 13.3 Å². The molecule has 0 aromatic carbocycles. The minimum atomic E-state index is 0.989. The fraction of sp³-hybridized carbons (Fsp3) is 0.625. The molecule has 0 radical (unpaired) electrons. The molecule has 2 heteroatoms. The summed E-state index contributed by atoms with van der Waals surface area (Å²) in [5.74, 6) is 0. The zero-order valence-electron chi connectivity index (χ0n) is 6.65. The van der Waals surface area contributed by atoms with Gasteiger partial charge in [0.2, 0.25) is 0 Å². The first kappa shape index (κ1) is 7.48. The second-order valence-electron chi connectivity index (χ2n) is 2.41. The summed E-state index contributed by atoms with van der Waals surface area (Å²) < 4.78 is 0. The van der Waals surface area contributed by atoms with Crippen LogP contribution in [0.1, 0.15) is 13.3 Å². The normalized spacial score (nSPS) is 27.8. The summed E-state index contributed by atoms with van der Waals surface area (Å²) in [6.45, 7) is 4.13. The number of allylic oxidation sites excluding steroid dienone is 1. The highest BCUT2D eigenvalue weighted by Gasteiger charge is 2.09. The van der Waals surface area contributed by atoms with E-state index in [1.807, 2.05) is 7.05 Å². The van der Waals surface area contributed by atoms with Crippen LogP contribution in [0.15, 0.2) is 16.6 Å². The van der Waals surface area contributed by atoms with E-state index in [1.165, 1.54) is 11.3 Å². The van der Waals surface area contributed by atoms with Crippen LogP contribution in [0.4, 0.5) is 0 Å². The number of aliphatic imine (C=N–C) groups is 1. The highest BCUT2D eigenvalue weighted by molar-refractivity contribution is 6.01. The van der Waals surface area contributed by atoms with E-state index in [9.17, 15) is 0 Å². The van der Waals surface area contributed by atoms with Crippen molar-refractivity contribution in [3.8, 4) is 0 Å². The molecule has 1 aliphatic rings. The number of nitrogens with zero attached hydrogens (tertiary/aromatic N) is 1. The molecule has 1 heterocycles. The van der Waals surface area contributed by atoms with Gasteiger partial charge >= 0.3 is 0 Å². The molecule has 1 fully saturated rings. The molecule has 0 unspecified atom stereocenters. The van der Waals surface area contributed by atoms with E-state index in [0.717, 1.165) is 19.5 Å². The summed E-state index contributed by atoms with van der Waals surface area (Å²) in [5, 5.41) is 3.30. The van der Waals surface area contributed by atoms with Crippen LogP contribution in [0.3, 0.4) is 0 Å². The van der Waals surface area contributed by atoms with Gasteiger partial charge in [0.1, 0.15) is 0 Å². The molecule has 0 bridgehead atoms. The number of nitrogens with one attached hydrogen (secondary N) is 1. The molecular formula is C8H14N2. The summed E-state index contributed by atoms with van der Waals surface area (Å²) in [5.41, 5.74) is 2.62. The monoisotopic (exact) mass is 138 g/mol. The van der Waals surface area contributed by atoms with Crippen LogP contribution in [0.5, 0.6) is 0 Å². The first-order chi connectivity index (χ1) is 4.88. The molecule has 0 saturated carbocycles. The number of hydrogen-bond acceptors (Lipinski definition) is 2. The predicted octanol–water partition coefficient (Wildman–Crippen LogP) is 0.997. The topological polar surface area (TPSA) is 24.4 Å². The lowest BCUT2D eigenvalue weighted by molar-refractivity contribution is 0.729. The third kappa shape index (κ3) is 1.45. The van der Waals surface area contributed by atoms with Crippen LogP contribution < -0.4 is 5.32 Å². The van der Waals surface area contributed by atoms with E-state index < -0.39 is 0 Å². The molecule has 2 nitrogen and oxygen atoms in total. The molecule has 0 aliphatic carbocycles. The van der Waals surface area contributed by atoms with Gasteiger partial charge in [-0.05, 0) is 12.5 Å². The molecule has 0 amide bonds. The molecule has 0 aromatic rings. The second-order valence-corrected chi connectivity index (χ2v) is 2.41. The van der Waals surface area contributed by atoms with Crippen LogP contribution in [0, 0.1) is 0 Å². The molecular weight excluding hydrogens is 124 g/mol. The summed E-state index contributed by atoms with van der Waals surface area (Å²) in [4.78, 5) is 4.21. The van der Waals surface area contributed by atoms with Crippen molar-refractivity contribution >= 4 is 5.71 Å². The fourth-order valence-electron chi connectivity index (χ4n) is 1.22. The van der Waals surface area contributed by atoms with Crippen molar-refractivity contribution in [3.63, 3.8) is 0 Å². The minimum absolute atomic E-state index is 0.989. The van der Waals surface area contributed by atoms with Crippen molar-refractivity contribution in [3.05, 3.63) is 11.6 Å². The summed E-state index contributed by atoms with van der Waals surface area (Å²) in [7, 11) is 1.87. The Morgan fingerprint density at radius 1 is 1.60 bits per heavy atom. The van der Waals surface area contributed by atoms with Crippen molar-refractivity contribution < 1.29 is 0 Å². The Kier molecular flexibility index (Phi) is 2.63. The van der Waals surface area contributed by atoms with Crippen molar-refractivity contribution in [1.29, 1.82) is 0 Å². The lowest BCUT2D eigenvalue weighted by atomic mass is 10.0. The highest BCUT2D eigenvalue weighted by Crippen LogP contribution is 2.05. The quantitative estimate of drug-likeness (QED) is 0.530. The molecule has 0 atom stereocenters. The van der Waals surface area contributed by atoms with E-state index in [4.69, 9.17) is 0 Å². The lowest BCUT2D eigenvalue weighted by Gasteiger charge is -2.17. The smallest absolute Gasteiger partial charge is 0.0399 e. The van der Waals surface area contributed by atoms with Crippen LogP contribution in [0.25, 0.3) is 0 Å². The van der Waals surface area contributed by atoms with Gasteiger partial charge in [-0.2, -0.15) is 0 Å². The Bertz CT molecular complexity index is 148. The maximum atomic E-state index is 4.21. The first-order valence-electron chi connectivity index (χ1n) is 3.70. The van der Waals surface area contributed by atoms with Crippen molar-refractivity contribution in [2.75, 3.05) is 20.1 Å². The number of hydrogen-bond donors (Lipinski definition) is 1. The summed E-state index contributed by atoms with van der Waals surface area (Å²) in [6, 6.07) is 0. The molecule has 1 rings (SSSR count). The zero-order valence-corrected chi connectivity index (χ0v) is 6.65. The van der Waals surface area contributed by atoms with Crippen LogP contribution >= 0.6 is 0 Å². The first-order valence-corrected chi connectivity index (χ1v) is 3.70. The van der Waals surface area contributed by atoms with E-state index in [0.29, 0.717) is 0 Å². The van der Waals surface area contributed by atoms with Crippen LogP contribution in [0.2, 0.25) is 0 Å². The van der Waals surface area contributed by atoms with Gasteiger partial charge in [-0.15, -0.1) is 0 Å². The Labute approximate surface area is 62.0 Å². The van der Waals surface area contributed by atoms with Crippen molar-refractivity contribution in [1.82, 2.24) is 5.32 Å². The van der Waals surface area contributed by atoms with Crippen LogP contribution in [-0.4, -0.2) is 25.8 Å². The lowest BCUT2D eigenvalue weighted by Crippen LogP contribution is -2.30. The predicted molar refractivity (Wildman–Crippen MR) is 44.6 cm³/mol. The maximum Gasteiger partial charge on any atom is 0.0399 e. The largest absolute Gasteiger partial charge is 0.312 e. The van der Waals surface area contributed by atoms with Gasteiger partial charge in [0, 0.05) is 32.3 Å². The third-order valence-corrected chi connectivity index (χ3v) is 1.84. The third-order valence-electron chi connectivity index (χ3n) is 1.84. The van der Waals surface area contributed by atoms with E-state index in [1.54, 1.807) is 0 Å². The Hall–Kier alpha value is -0.630. The van der Waals surface area contributed by atoms with Gasteiger partial charge < -0.3 is 5.32 Å². The van der Waals surface area contributed by atoms with Gasteiger partial charge in [0.15, 0.2) is 0 Å². The van der Waals surface area contributed by atoms with Gasteiger partial charge in [-0.3, -0.25) is 4.99 Å². The fourth-order valence-corrected chi connectivity index (χ4v) is 1.22. The zero-order chi connectivity index (χ0) is 7.40. The second kappa shape index (κ2) is 3.52. The average molecular weight is 138 g/mol. The molecule has 1 aliphatic heterocycles. The molecule has 1 saturated heterocycles. The maximum absolute atomic E-state index is 4.21. The summed E-state index contributed by atoms with van der Waals surface area (Å²) >= 11 is 0. The van der Waals surface area contributed by atoms with Crippen LogP contribution in [-0.2, 0) is 0 Å². The van der Waals surface area contributed by atoms with E-state index in [-0.39, 0.29) is 0 Å². The molecule has 56 valence electrons. The van der Waals surface area contributed by atoms with Gasteiger partial charge in [0.25, 0.3) is 0 Å². The molecule has 1 N–H and O–H groups in total. The molecule has 0 spiro atoms. The SMILES string of the molecule is C/C=C1/CNCCC1=NC. The van der Waals surface area contributed by atoms with Crippen molar-refractivity contribution in [2.24, 2.45) is 4.99 Å². The van der Waals surface area contributed by atoms with E-state index >= 15 is 0 Å². The standard InChI is InChI=1S/C8H14N2/c1-3-7-6-10-5-4-8(7)9-2/h3,10H,4-6H2,1-2H3/b7-3-,9-8?. The number of piperidine rings is 1. The Balaban J connectivity index is 2.69. The van der Waals surface area contributed by atoms with E-state index in [2.05, 4.69) is 23.3 Å². The molecule has 0 aromatic heterocycles. The van der Waals surface area contributed by atoms with Gasteiger partial charge in [-0.25, -0.2) is 0 Å². The number of rotatable bonds is 0. The molecule has 10 heavy (non-hydrogen) atoms. The Morgan fingerprint density at radius 3 is 2.90 bits per heavy atom. The summed E-state index contributed by atoms with van der Waals surface area (Å²) in [6.07, 6.45) is 3.21. The minimum Gasteiger partial charge on any atom is -0.312 e. The van der Waals surface area contributed by atoms with Gasteiger partial charge in [0.05, 0.1) is 0 Å². The average Bonchev–Trinajstić information content (AvgIpc) is 2.04.